The van der Waals surface area contributed by atoms with E-state index in [-0.39, 0.29) is 5.60 Å². The maximum atomic E-state index is 12.0. The largest absolute Gasteiger partial charge is 0.483 e. The van der Waals surface area contributed by atoms with Crippen LogP contribution >= 0.6 is 0 Å². The molecule has 2 heterocycles. The molecule has 0 saturated carbocycles. The number of nitrogens with one attached hydrogen (secondary N) is 2. The summed E-state index contributed by atoms with van der Waals surface area (Å²) in [7, 11) is 0. The Morgan fingerprint density at radius 3 is 2.57 bits per heavy atom. The number of urea groups is 1. The molecule has 152 valence electrons. The molecule has 30 heavy (non-hydrogen) atoms. The molecule has 7 heteroatoms. The minimum absolute atomic E-state index is 0.270. The van der Waals surface area contributed by atoms with E-state index in [9.17, 15) is 9.59 Å². The Hall–Kier alpha value is -3.87. The van der Waals surface area contributed by atoms with Gasteiger partial charge in [0.1, 0.15) is 5.60 Å². The highest BCUT2D eigenvalue weighted by Gasteiger charge is 2.32. The number of benzene rings is 2. The number of nitrogens with zero attached hydrogens (tertiary/aromatic N) is 1. The van der Waals surface area contributed by atoms with E-state index in [1.165, 1.54) is 6.20 Å². The summed E-state index contributed by atoms with van der Waals surface area (Å²) in [5, 5.41) is 4.84. The van der Waals surface area contributed by atoms with Gasteiger partial charge in [0.2, 0.25) is 5.88 Å². The van der Waals surface area contributed by atoms with E-state index in [4.69, 9.17) is 9.47 Å². The fourth-order valence-electron chi connectivity index (χ4n) is 3.22. The molecule has 0 atom stereocenters. The summed E-state index contributed by atoms with van der Waals surface area (Å²) < 4.78 is 11.9. The third kappa shape index (κ3) is 4.41. The molecule has 0 saturated heterocycles. The van der Waals surface area contributed by atoms with Gasteiger partial charge in [0, 0.05) is 23.6 Å². The topological polar surface area (TPSA) is 89.6 Å². The highest BCUT2D eigenvalue weighted by atomic mass is 16.5. The van der Waals surface area contributed by atoms with E-state index >= 15 is 0 Å². The highest BCUT2D eigenvalue weighted by molar-refractivity contribution is 6.07. The number of imide groups is 1. The molecule has 2 aromatic carbocycles. The molecule has 2 N–H and O–H groups in total. The van der Waals surface area contributed by atoms with Gasteiger partial charge >= 0.3 is 6.03 Å². The van der Waals surface area contributed by atoms with Crippen LogP contribution in [0.15, 0.2) is 66.9 Å². The first kappa shape index (κ1) is 19.4. The molecule has 1 aromatic heterocycles. The van der Waals surface area contributed by atoms with Gasteiger partial charge in [-0.05, 0) is 38.1 Å². The first-order valence-electron chi connectivity index (χ1n) is 9.52. The number of ether oxygens (including phenoxy) is 2. The van der Waals surface area contributed by atoms with Gasteiger partial charge in [-0.1, -0.05) is 30.3 Å². The van der Waals surface area contributed by atoms with E-state index in [1.54, 1.807) is 42.5 Å². The summed E-state index contributed by atoms with van der Waals surface area (Å²) in [5.74, 6) is 1.20. The zero-order valence-electron chi connectivity index (χ0n) is 16.6. The Kier molecular flexibility index (Phi) is 5.10. The van der Waals surface area contributed by atoms with Crippen molar-refractivity contribution in [2.75, 3.05) is 5.32 Å². The number of carbonyl (C=O) groups is 2. The van der Waals surface area contributed by atoms with Crippen molar-refractivity contribution in [2.45, 2.75) is 25.9 Å². The summed E-state index contributed by atoms with van der Waals surface area (Å²) >= 11 is 0. The van der Waals surface area contributed by atoms with Gasteiger partial charge in [-0.15, -0.1) is 0 Å². The first-order valence-corrected chi connectivity index (χ1v) is 9.52. The van der Waals surface area contributed by atoms with Crippen LogP contribution in [0.25, 0.3) is 0 Å². The van der Waals surface area contributed by atoms with E-state index in [0.29, 0.717) is 22.9 Å². The number of aromatic nitrogens is 1. The monoisotopic (exact) mass is 403 g/mol. The van der Waals surface area contributed by atoms with Crippen LogP contribution in [0.4, 0.5) is 10.5 Å². The molecule has 3 aromatic rings. The molecule has 3 amide bonds. The number of amides is 3. The quantitative estimate of drug-likeness (QED) is 0.667. The van der Waals surface area contributed by atoms with Gasteiger partial charge in [-0.2, -0.15) is 0 Å². The number of hydrogen-bond donors (Lipinski definition) is 2. The first-order chi connectivity index (χ1) is 14.4. The van der Waals surface area contributed by atoms with Gasteiger partial charge in [0.05, 0.1) is 11.9 Å². The lowest BCUT2D eigenvalue weighted by molar-refractivity contribution is 0.0967. The molecule has 1 aliphatic heterocycles. The van der Waals surface area contributed by atoms with Crippen molar-refractivity contribution in [3.05, 3.63) is 78.0 Å². The molecular weight excluding hydrogens is 382 g/mol. The maximum Gasteiger partial charge on any atom is 0.326 e. The zero-order chi connectivity index (χ0) is 21.1. The van der Waals surface area contributed by atoms with Gasteiger partial charge in [-0.3, -0.25) is 10.1 Å². The molecular formula is C23H21N3O4. The Morgan fingerprint density at radius 2 is 1.83 bits per heavy atom. The lowest BCUT2D eigenvalue weighted by Gasteiger charge is -2.18. The third-order valence-corrected chi connectivity index (χ3v) is 4.53. The summed E-state index contributed by atoms with van der Waals surface area (Å²) in [6.45, 7) is 4.06. The standard InChI is InChI=1S/C23H21N3O4/c1-23(2)13-16-9-6-10-18(20(16)30-23)29-19-12-11-17(14-24-19)25-22(28)26-21(27)15-7-4-3-5-8-15/h3-12,14H,13H2,1-2H3,(H2,25,26,27,28). The summed E-state index contributed by atoms with van der Waals surface area (Å²) in [6, 6.07) is 16.9. The molecule has 0 bridgehead atoms. The Morgan fingerprint density at radius 1 is 1.03 bits per heavy atom. The Balaban J connectivity index is 1.38. The number of hydrogen-bond acceptors (Lipinski definition) is 5. The predicted octanol–water partition coefficient (Wildman–Crippen LogP) is 4.55. The predicted molar refractivity (Wildman–Crippen MR) is 112 cm³/mol. The Bertz CT molecular complexity index is 1080. The second-order valence-corrected chi connectivity index (χ2v) is 7.54. The number of fused-ring (bicyclic) bond motifs is 1. The minimum Gasteiger partial charge on any atom is -0.483 e. The molecule has 4 rings (SSSR count). The van der Waals surface area contributed by atoms with Crippen molar-refractivity contribution in [3.63, 3.8) is 0 Å². The van der Waals surface area contributed by atoms with E-state index in [2.05, 4.69) is 15.6 Å². The molecule has 1 aliphatic rings. The summed E-state index contributed by atoms with van der Waals surface area (Å²) in [5.41, 5.74) is 1.65. The molecule has 0 radical (unpaired) electrons. The third-order valence-electron chi connectivity index (χ3n) is 4.53. The second-order valence-electron chi connectivity index (χ2n) is 7.54. The van der Waals surface area contributed by atoms with Gasteiger partial charge in [-0.25, -0.2) is 9.78 Å². The smallest absolute Gasteiger partial charge is 0.326 e. The summed E-state index contributed by atoms with van der Waals surface area (Å²) in [6.07, 6.45) is 2.27. The molecule has 0 unspecified atom stereocenters. The minimum atomic E-state index is -0.643. The lowest BCUT2D eigenvalue weighted by Crippen LogP contribution is -2.34. The highest BCUT2D eigenvalue weighted by Crippen LogP contribution is 2.43. The van der Waals surface area contributed by atoms with Crippen LogP contribution in [-0.4, -0.2) is 22.5 Å². The van der Waals surface area contributed by atoms with Crippen LogP contribution in [0.5, 0.6) is 17.4 Å². The molecule has 0 spiro atoms. The van der Waals surface area contributed by atoms with E-state index in [1.807, 2.05) is 32.0 Å². The number of carbonyl (C=O) groups excluding carboxylic acids is 2. The summed E-state index contributed by atoms with van der Waals surface area (Å²) in [4.78, 5) is 28.3. The zero-order valence-corrected chi connectivity index (χ0v) is 16.6. The SMILES string of the molecule is CC1(C)Cc2cccc(Oc3ccc(NC(=O)NC(=O)c4ccccc4)cn3)c2O1. The van der Waals surface area contributed by atoms with Crippen molar-refractivity contribution in [1.29, 1.82) is 0 Å². The van der Waals surface area contributed by atoms with Crippen LogP contribution in [-0.2, 0) is 6.42 Å². The average Bonchev–Trinajstić information content (AvgIpc) is 3.05. The number of para-hydroxylation sites is 1. The molecule has 7 nitrogen and oxygen atoms in total. The van der Waals surface area contributed by atoms with Crippen LogP contribution in [0.1, 0.15) is 29.8 Å². The van der Waals surface area contributed by atoms with Crippen LogP contribution < -0.4 is 20.1 Å². The van der Waals surface area contributed by atoms with Gasteiger partial charge < -0.3 is 14.8 Å². The van der Waals surface area contributed by atoms with Crippen LogP contribution in [0, 0.1) is 0 Å². The van der Waals surface area contributed by atoms with Crippen molar-refractivity contribution < 1.29 is 19.1 Å². The number of rotatable bonds is 4. The normalized spacial score (nSPS) is 13.7. The lowest BCUT2D eigenvalue weighted by atomic mass is 10.0. The number of pyridine rings is 1. The van der Waals surface area contributed by atoms with E-state index < -0.39 is 11.9 Å². The van der Waals surface area contributed by atoms with Crippen molar-refractivity contribution in [3.8, 4) is 17.4 Å². The van der Waals surface area contributed by atoms with Crippen molar-refractivity contribution in [1.82, 2.24) is 10.3 Å². The van der Waals surface area contributed by atoms with Crippen LogP contribution in [0.3, 0.4) is 0 Å². The fourth-order valence-corrected chi connectivity index (χ4v) is 3.22. The van der Waals surface area contributed by atoms with Gasteiger partial charge in [0.25, 0.3) is 5.91 Å². The van der Waals surface area contributed by atoms with Crippen molar-refractivity contribution in [2.24, 2.45) is 0 Å². The maximum absolute atomic E-state index is 12.0. The fraction of sp³-hybridized carbons (Fsp3) is 0.174. The van der Waals surface area contributed by atoms with Crippen LogP contribution in [0.2, 0.25) is 0 Å². The molecule has 0 fully saturated rings. The number of anilines is 1. The second kappa shape index (κ2) is 7.87. The molecule has 0 aliphatic carbocycles. The van der Waals surface area contributed by atoms with E-state index in [0.717, 1.165) is 17.7 Å². The van der Waals surface area contributed by atoms with Crippen molar-refractivity contribution >= 4 is 17.6 Å². The Labute approximate surface area is 174 Å². The average molecular weight is 403 g/mol. The van der Waals surface area contributed by atoms with Gasteiger partial charge in [0.15, 0.2) is 11.5 Å².